The van der Waals surface area contributed by atoms with E-state index in [1.807, 2.05) is 0 Å². The van der Waals surface area contributed by atoms with Crippen LogP contribution in [0.25, 0.3) is 0 Å². The molecule has 0 bridgehead atoms. The third-order valence-electron chi connectivity index (χ3n) is 10.0. The van der Waals surface area contributed by atoms with Gasteiger partial charge >= 0.3 is 0 Å². The molecule has 0 amide bonds. The van der Waals surface area contributed by atoms with Gasteiger partial charge in [0.1, 0.15) is 0 Å². The maximum absolute atomic E-state index is 2.31. The summed E-state index contributed by atoms with van der Waals surface area (Å²) in [5.74, 6) is 0. The summed E-state index contributed by atoms with van der Waals surface area (Å²) < 4.78 is 0. The predicted molar refractivity (Wildman–Crippen MR) is 215 cm³/mol. The van der Waals surface area contributed by atoms with Crippen molar-refractivity contribution in [1.29, 1.82) is 0 Å². The van der Waals surface area contributed by atoms with E-state index in [1.165, 1.54) is 246 Å². The molecule has 2 atom stereocenters. The summed E-state index contributed by atoms with van der Waals surface area (Å²) in [7, 11) is 2.13. The minimum absolute atomic E-state index is 0.792. The zero-order valence-corrected chi connectivity index (χ0v) is 33.5. The smallest absolute Gasteiger partial charge is 0.0569 e. The summed E-state index contributed by atoms with van der Waals surface area (Å²) in [4.78, 5) is 0. The van der Waals surface area contributed by atoms with Gasteiger partial charge in [0.2, 0.25) is 0 Å². The van der Waals surface area contributed by atoms with Crippen molar-refractivity contribution >= 4 is 16.5 Å². The molecule has 0 radical (unpaired) electrons. The summed E-state index contributed by atoms with van der Waals surface area (Å²) in [5.41, 5.74) is 0. The van der Waals surface area contributed by atoms with Crippen LogP contribution in [0.3, 0.4) is 0 Å². The van der Waals surface area contributed by atoms with Crippen molar-refractivity contribution in [3.8, 4) is 0 Å². The fourth-order valence-corrected chi connectivity index (χ4v) is 10.6. The molecule has 0 rings (SSSR count). The van der Waals surface area contributed by atoms with Crippen LogP contribution in [0.15, 0.2) is 0 Å². The fourth-order valence-electron chi connectivity index (χ4n) is 6.83. The van der Waals surface area contributed by atoms with Crippen molar-refractivity contribution in [1.82, 2.24) is 0 Å². The average Bonchev–Trinajstić information content (AvgIpc) is 3.04. The van der Waals surface area contributed by atoms with Gasteiger partial charge in [-0.25, -0.2) is 0 Å². The normalized spacial score (nSPS) is 12.1. The molecule has 0 aliphatic carbocycles. The standard InChI is InChI=1S/C42H88P2/c1-3-5-7-9-11-13-15-17-19-21-23-25-27-29-31-33-35-37-39-41-43-44-42-40-38-36-34-32-30-28-26-24-22-20-18-16-14-12-10-8-6-4-2/h43-44H,3-42H2,1-2H3/p+1. The molecule has 0 saturated carbocycles. The van der Waals surface area contributed by atoms with E-state index >= 15 is 0 Å². The van der Waals surface area contributed by atoms with Gasteiger partial charge in [-0.2, -0.15) is 0 Å². The first-order valence-electron chi connectivity index (χ1n) is 21.5. The highest BCUT2D eigenvalue weighted by Gasteiger charge is 2.00. The van der Waals surface area contributed by atoms with E-state index < -0.39 is 0 Å². The molecule has 0 aliphatic heterocycles. The summed E-state index contributed by atoms with van der Waals surface area (Å²) >= 11 is 0. The van der Waals surface area contributed by atoms with E-state index in [0.29, 0.717) is 0 Å². The lowest BCUT2D eigenvalue weighted by Gasteiger charge is -2.04. The van der Waals surface area contributed by atoms with Crippen LogP contribution in [-0.2, 0) is 0 Å². The first-order valence-corrected chi connectivity index (χ1v) is 25.3. The Balaban J connectivity index is 3.03. The van der Waals surface area contributed by atoms with E-state index in [4.69, 9.17) is 0 Å². The molecule has 0 aromatic heterocycles. The maximum Gasteiger partial charge on any atom is 0.0569 e. The molecule has 0 N–H and O–H groups in total. The van der Waals surface area contributed by atoms with Gasteiger partial charge in [0.05, 0.1) is 6.16 Å². The van der Waals surface area contributed by atoms with Crippen LogP contribution in [0.2, 0.25) is 0 Å². The molecule has 44 heavy (non-hydrogen) atoms. The Labute approximate surface area is 285 Å². The molecule has 2 heteroatoms. The zero-order valence-electron chi connectivity index (χ0n) is 31.4. The van der Waals surface area contributed by atoms with Gasteiger partial charge in [-0.3, -0.25) is 0 Å². The number of rotatable bonds is 41. The van der Waals surface area contributed by atoms with E-state index in [0.717, 1.165) is 8.27 Å². The van der Waals surface area contributed by atoms with Gasteiger partial charge in [-0.15, -0.1) is 0 Å². The second-order valence-corrected chi connectivity index (χ2v) is 19.0. The third-order valence-corrected chi connectivity index (χ3v) is 14.2. The molecule has 266 valence electrons. The van der Waals surface area contributed by atoms with Crippen molar-refractivity contribution in [2.45, 2.75) is 258 Å². The fraction of sp³-hybridized carbons (Fsp3) is 1.00. The molecule has 0 saturated heterocycles. The SMILES string of the molecule is CCCCCCCCCCCCCCCCCCCCCP[PH2+]CCCCCCCCCCCCCCCCCCCCC. The van der Waals surface area contributed by atoms with Crippen LogP contribution in [0, 0.1) is 0 Å². The second kappa shape index (κ2) is 43.9. The van der Waals surface area contributed by atoms with Crippen LogP contribution < -0.4 is 0 Å². The highest BCUT2D eigenvalue weighted by Crippen LogP contribution is 2.38. The van der Waals surface area contributed by atoms with Gasteiger partial charge in [-0.05, 0) is 25.4 Å². The average molecular weight is 656 g/mol. The summed E-state index contributed by atoms with van der Waals surface area (Å²) in [6, 6.07) is 0. The van der Waals surface area contributed by atoms with E-state index in [2.05, 4.69) is 13.8 Å². The minimum atomic E-state index is 0.792. The Hall–Kier alpha value is 0.860. The Morgan fingerprint density at radius 3 is 0.705 bits per heavy atom. The van der Waals surface area contributed by atoms with Crippen LogP contribution in [0.1, 0.15) is 258 Å². The molecule has 0 aliphatic rings. The Kier molecular flexibility index (Phi) is 44.7. The molecule has 0 aromatic rings. The lowest BCUT2D eigenvalue weighted by molar-refractivity contribution is 0.524. The zero-order chi connectivity index (χ0) is 31.7. The van der Waals surface area contributed by atoms with Crippen LogP contribution >= 0.6 is 16.5 Å². The first kappa shape index (κ1) is 44.9. The predicted octanol–water partition coefficient (Wildman–Crippen LogP) is 16.9. The van der Waals surface area contributed by atoms with E-state index in [9.17, 15) is 0 Å². The number of unbranched alkanes of at least 4 members (excludes halogenated alkanes) is 36. The molecule has 0 aromatic carbocycles. The van der Waals surface area contributed by atoms with E-state index in [1.54, 1.807) is 18.7 Å². The quantitative estimate of drug-likeness (QED) is 0.0454. The third kappa shape index (κ3) is 42.9. The molecule has 0 fully saturated rings. The molecule has 2 unspecified atom stereocenters. The van der Waals surface area contributed by atoms with Crippen molar-refractivity contribution < 1.29 is 0 Å². The summed E-state index contributed by atoms with van der Waals surface area (Å²) in [5, 5.41) is 0. The molecule has 0 heterocycles. The minimum Gasteiger partial charge on any atom is -0.0654 e. The molecule has 0 nitrogen and oxygen atoms in total. The van der Waals surface area contributed by atoms with Crippen molar-refractivity contribution in [2.75, 3.05) is 12.3 Å². The number of hydrogen-bond acceptors (Lipinski definition) is 0. The highest BCUT2D eigenvalue weighted by molar-refractivity contribution is 8.11. The van der Waals surface area contributed by atoms with Crippen molar-refractivity contribution in [2.24, 2.45) is 0 Å². The van der Waals surface area contributed by atoms with Gasteiger partial charge in [0.25, 0.3) is 0 Å². The van der Waals surface area contributed by atoms with Crippen LogP contribution in [0.5, 0.6) is 0 Å². The highest BCUT2D eigenvalue weighted by atomic mass is 32.0. The maximum atomic E-state index is 2.31. The number of hydrogen-bond donors (Lipinski definition) is 0. The molecular weight excluding hydrogens is 566 g/mol. The summed E-state index contributed by atoms with van der Waals surface area (Å²) in [6.07, 6.45) is 59.8. The van der Waals surface area contributed by atoms with Crippen LogP contribution in [0.4, 0.5) is 0 Å². The summed E-state index contributed by atoms with van der Waals surface area (Å²) in [6.45, 7) is 4.62. The van der Waals surface area contributed by atoms with Crippen LogP contribution in [-0.4, -0.2) is 12.3 Å². The first-order chi connectivity index (χ1) is 21.9. The molecular formula is C42H89P2+. The van der Waals surface area contributed by atoms with Crippen molar-refractivity contribution in [3.05, 3.63) is 0 Å². The van der Waals surface area contributed by atoms with Gasteiger partial charge in [0, 0.05) is 16.5 Å². The Bertz CT molecular complexity index is 423. The van der Waals surface area contributed by atoms with Crippen molar-refractivity contribution in [3.63, 3.8) is 0 Å². The Morgan fingerprint density at radius 1 is 0.250 bits per heavy atom. The topological polar surface area (TPSA) is 0 Å². The molecule has 0 spiro atoms. The lowest BCUT2D eigenvalue weighted by atomic mass is 10.0. The van der Waals surface area contributed by atoms with Gasteiger partial charge < -0.3 is 0 Å². The van der Waals surface area contributed by atoms with E-state index in [-0.39, 0.29) is 0 Å². The lowest BCUT2D eigenvalue weighted by Crippen LogP contribution is -1.84. The second-order valence-electron chi connectivity index (χ2n) is 14.7. The van der Waals surface area contributed by atoms with Gasteiger partial charge in [0.15, 0.2) is 0 Å². The van der Waals surface area contributed by atoms with Gasteiger partial charge in [-0.1, -0.05) is 239 Å². The largest absolute Gasteiger partial charge is 0.0654 e. The Morgan fingerprint density at radius 2 is 0.455 bits per heavy atom. The monoisotopic (exact) mass is 656 g/mol.